The average molecular weight is 281 g/mol. The van der Waals surface area contributed by atoms with E-state index >= 15 is 0 Å². The van der Waals surface area contributed by atoms with Crippen LogP contribution in [0, 0.1) is 0 Å². The lowest BCUT2D eigenvalue weighted by atomic mass is 10.1. The number of nitrogens with zero attached hydrogens (tertiary/aromatic N) is 2. The highest BCUT2D eigenvalue weighted by Crippen LogP contribution is 2.23. The second-order valence-corrected chi connectivity index (χ2v) is 6.05. The molecule has 3 rings (SSSR count). The minimum atomic E-state index is -0.166. The number of nitrogens with one attached hydrogen (secondary N) is 1. The number of hydrogen-bond donors (Lipinski definition) is 1. The second-order valence-electron chi connectivity index (χ2n) is 6.05. The number of aromatic amines is 1. The van der Waals surface area contributed by atoms with Gasteiger partial charge in [-0.3, -0.25) is 4.98 Å². The zero-order valence-corrected chi connectivity index (χ0v) is 12.6. The SMILES string of the molecule is CC(C)(C)OCc1nc2ccc(-c3ccncc3)cc2[nH]1. The van der Waals surface area contributed by atoms with Crippen molar-refractivity contribution in [1.29, 1.82) is 0 Å². The summed E-state index contributed by atoms with van der Waals surface area (Å²) in [6.45, 7) is 6.61. The van der Waals surface area contributed by atoms with E-state index in [1.165, 1.54) is 0 Å². The van der Waals surface area contributed by atoms with Gasteiger partial charge in [0.05, 0.1) is 16.6 Å². The van der Waals surface area contributed by atoms with Gasteiger partial charge in [0.15, 0.2) is 0 Å². The highest BCUT2D eigenvalue weighted by atomic mass is 16.5. The quantitative estimate of drug-likeness (QED) is 0.791. The van der Waals surface area contributed by atoms with E-state index in [1.807, 2.05) is 39.0 Å². The van der Waals surface area contributed by atoms with Crippen molar-refractivity contribution in [1.82, 2.24) is 15.0 Å². The highest BCUT2D eigenvalue weighted by Gasteiger charge is 2.12. The molecule has 108 valence electrons. The summed E-state index contributed by atoms with van der Waals surface area (Å²) >= 11 is 0. The maximum Gasteiger partial charge on any atom is 0.133 e. The predicted octanol–water partition coefficient (Wildman–Crippen LogP) is 3.94. The molecule has 1 aromatic carbocycles. The van der Waals surface area contributed by atoms with Crippen LogP contribution in [0.25, 0.3) is 22.2 Å². The van der Waals surface area contributed by atoms with E-state index in [0.717, 1.165) is 28.0 Å². The lowest BCUT2D eigenvalue weighted by Gasteiger charge is -2.18. The van der Waals surface area contributed by atoms with Crippen LogP contribution in [0.4, 0.5) is 0 Å². The van der Waals surface area contributed by atoms with Crippen molar-refractivity contribution in [3.05, 3.63) is 48.5 Å². The second kappa shape index (κ2) is 5.30. The average Bonchev–Trinajstić information content (AvgIpc) is 2.87. The van der Waals surface area contributed by atoms with Gasteiger partial charge in [0.25, 0.3) is 0 Å². The van der Waals surface area contributed by atoms with Crippen molar-refractivity contribution in [3.8, 4) is 11.1 Å². The number of aromatic nitrogens is 3. The lowest BCUT2D eigenvalue weighted by Crippen LogP contribution is -2.19. The topological polar surface area (TPSA) is 50.8 Å². The zero-order chi connectivity index (χ0) is 14.9. The summed E-state index contributed by atoms with van der Waals surface area (Å²) in [6, 6.07) is 10.2. The zero-order valence-electron chi connectivity index (χ0n) is 12.6. The van der Waals surface area contributed by atoms with Gasteiger partial charge < -0.3 is 9.72 Å². The number of imidazole rings is 1. The van der Waals surface area contributed by atoms with Crippen LogP contribution < -0.4 is 0 Å². The fourth-order valence-electron chi connectivity index (χ4n) is 2.14. The summed E-state index contributed by atoms with van der Waals surface area (Å²) < 4.78 is 5.76. The van der Waals surface area contributed by atoms with Crippen LogP contribution in [0.2, 0.25) is 0 Å². The first kappa shape index (κ1) is 13.8. The standard InChI is InChI=1S/C17H19N3O/c1-17(2,3)21-11-16-19-14-5-4-13(10-15(14)20-16)12-6-8-18-9-7-12/h4-10H,11H2,1-3H3,(H,19,20). The van der Waals surface area contributed by atoms with Gasteiger partial charge in [0.2, 0.25) is 0 Å². The minimum Gasteiger partial charge on any atom is -0.368 e. The van der Waals surface area contributed by atoms with Gasteiger partial charge >= 0.3 is 0 Å². The molecule has 0 unspecified atom stereocenters. The minimum absolute atomic E-state index is 0.166. The summed E-state index contributed by atoms with van der Waals surface area (Å²) in [5, 5.41) is 0. The molecule has 2 aromatic heterocycles. The Morgan fingerprint density at radius 1 is 1.05 bits per heavy atom. The highest BCUT2D eigenvalue weighted by molar-refractivity contribution is 5.81. The largest absolute Gasteiger partial charge is 0.368 e. The van der Waals surface area contributed by atoms with Gasteiger partial charge in [-0.1, -0.05) is 6.07 Å². The molecular weight excluding hydrogens is 262 g/mol. The molecule has 0 radical (unpaired) electrons. The van der Waals surface area contributed by atoms with E-state index in [2.05, 4.69) is 27.1 Å². The van der Waals surface area contributed by atoms with E-state index in [0.29, 0.717) is 6.61 Å². The number of ether oxygens (including phenoxy) is 1. The molecule has 0 aliphatic heterocycles. The Morgan fingerprint density at radius 3 is 2.52 bits per heavy atom. The normalized spacial score (nSPS) is 12.0. The first-order valence-corrected chi connectivity index (χ1v) is 7.04. The molecule has 0 spiro atoms. The maximum absolute atomic E-state index is 5.76. The Balaban J connectivity index is 1.89. The molecule has 2 heterocycles. The van der Waals surface area contributed by atoms with Gasteiger partial charge in [-0.25, -0.2) is 4.98 Å². The molecule has 3 aromatic rings. The monoisotopic (exact) mass is 281 g/mol. The summed E-state index contributed by atoms with van der Waals surface area (Å²) in [6.07, 6.45) is 3.60. The van der Waals surface area contributed by atoms with Gasteiger partial charge in [0.1, 0.15) is 12.4 Å². The van der Waals surface area contributed by atoms with E-state index in [4.69, 9.17) is 4.74 Å². The lowest BCUT2D eigenvalue weighted by molar-refractivity contribution is -0.0177. The van der Waals surface area contributed by atoms with Gasteiger partial charge in [0, 0.05) is 12.4 Å². The van der Waals surface area contributed by atoms with Crippen molar-refractivity contribution in [2.45, 2.75) is 33.0 Å². The van der Waals surface area contributed by atoms with Crippen molar-refractivity contribution >= 4 is 11.0 Å². The summed E-state index contributed by atoms with van der Waals surface area (Å²) in [5.41, 5.74) is 4.12. The number of H-pyrrole nitrogens is 1. The van der Waals surface area contributed by atoms with Gasteiger partial charge in [-0.2, -0.15) is 0 Å². The molecule has 21 heavy (non-hydrogen) atoms. The molecule has 4 nitrogen and oxygen atoms in total. The number of rotatable bonds is 3. The van der Waals surface area contributed by atoms with Crippen LogP contribution >= 0.6 is 0 Å². The fourth-order valence-corrected chi connectivity index (χ4v) is 2.14. The molecule has 0 aliphatic rings. The van der Waals surface area contributed by atoms with Crippen molar-refractivity contribution in [2.75, 3.05) is 0 Å². The van der Waals surface area contributed by atoms with Gasteiger partial charge in [-0.15, -0.1) is 0 Å². The number of hydrogen-bond acceptors (Lipinski definition) is 3. The Hall–Kier alpha value is -2.20. The molecule has 0 amide bonds. The van der Waals surface area contributed by atoms with Crippen LogP contribution in [-0.4, -0.2) is 20.6 Å². The molecule has 0 saturated heterocycles. The summed E-state index contributed by atoms with van der Waals surface area (Å²) in [5.74, 6) is 0.854. The maximum atomic E-state index is 5.76. The molecule has 1 N–H and O–H groups in total. The molecule has 0 aliphatic carbocycles. The molecule has 4 heteroatoms. The Labute approximate surface area is 124 Å². The third-order valence-corrected chi connectivity index (χ3v) is 3.19. The molecule has 0 atom stereocenters. The van der Waals surface area contributed by atoms with E-state index in [-0.39, 0.29) is 5.60 Å². The van der Waals surface area contributed by atoms with Gasteiger partial charge in [-0.05, 0) is 56.2 Å². The summed E-state index contributed by atoms with van der Waals surface area (Å²) in [4.78, 5) is 11.9. The molecule has 0 fully saturated rings. The van der Waals surface area contributed by atoms with E-state index < -0.39 is 0 Å². The first-order valence-electron chi connectivity index (χ1n) is 7.04. The van der Waals surface area contributed by atoms with E-state index in [9.17, 15) is 0 Å². The van der Waals surface area contributed by atoms with Crippen LogP contribution in [-0.2, 0) is 11.3 Å². The third-order valence-electron chi connectivity index (χ3n) is 3.19. The third kappa shape index (κ3) is 3.28. The molecule has 0 bridgehead atoms. The van der Waals surface area contributed by atoms with Crippen molar-refractivity contribution in [3.63, 3.8) is 0 Å². The fraction of sp³-hybridized carbons (Fsp3) is 0.294. The predicted molar refractivity (Wildman–Crippen MR) is 83.9 cm³/mol. The van der Waals surface area contributed by atoms with Crippen LogP contribution in [0.15, 0.2) is 42.7 Å². The van der Waals surface area contributed by atoms with Crippen molar-refractivity contribution in [2.24, 2.45) is 0 Å². The van der Waals surface area contributed by atoms with Crippen LogP contribution in [0.3, 0.4) is 0 Å². The number of benzene rings is 1. The number of pyridine rings is 1. The van der Waals surface area contributed by atoms with Crippen molar-refractivity contribution < 1.29 is 4.74 Å². The Bertz CT molecular complexity index is 742. The molecular formula is C17H19N3O. The summed E-state index contributed by atoms with van der Waals surface area (Å²) in [7, 11) is 0. The van der Waals surface area contributed by atoms with E-state index in [1.54, 1.807) is 12.4 Å². The Kier molecular flexibility index (Phi) is 3.47. The van der Waals surface area contributed by atoms with Crippen LogP contribution in [0.1, 0.15) is 26.6 Å². The van der Waals surface area contributed by atoms with Crippen LogP contribution in [0.5, 0.6) is 0 Å². The Morgan fingerprint density at radius 2 is 1.81 bits per heavy atom. The first-order chi connectivity index (χ1) is 10.0. The number of fused-ring (bicyclic) bond motifs is 1. The molecule has 0 saturated carbocycles. The smallest absolute Gasteiger partial charge is 0.133 e.